The summed E-state index contributed by atoms with van der Waals surface area (Å²) in [7, 11) is 1.58. The van der Waals surface area contributed by atoms with Crippen LogP contribution in [0.4, 0.5) is 0 Å². The second-order valence-corrected chi connectivity index (χ2v) is 3.20. The van der Waals surface area contributed by atoms with E-state index in [0.29, 0.717) is 12.3 Å². The van der Waals surface area contributed by atoms with Gasteiger partial charge in [0, 0.05) is 18.8 Å². The van der Waals surface area contributed by atoms with Crippen LogP contribution in [0.15, 0.2) is 35.3 Å². The van der Waals surface area contributed by atoms with Crippen LogP contribution in [0, 0.1) is 0 Å². The van der Waals surface area contributed by atoms with Crippen molar-refractivity contribution in [3.05, 3.63) is 46.4 Å². The number of pyridine rings is 2. The number of methoxy groups -OCH3 is 1. The second kappa shape index (κ2) is 3.74. The van der Waals surface area contributed by atoms with Crippen LogP contribution in [0.1, 0.15) is 5.56 Å². The van der Waals surface area contributed by atoms with Gasteiger partial charge >= 0.3 is 0 Å². The van der Waals surface area contributed by atoms with Crippen molar-refractivity contribution in [2.24, 2.45) is 5.73 Å². The molecule has 0 aliphatic rings. The van der Waals surface area contributed by atoms with Crippen molar-refractivity contribution >= 4 is 5.52 Å². The van der Waals surface area contributed by atoms with E-state index in [1.807, 2.05) is 6.07 Å². The number of hydrogen-bond acceptors (Lipinski definition) is 3. The monoisotopic (exact) mass is 204 g/mol. The van der Waals surface area contributed by atoms with E-state index in [0.717, 1.165) is 11.1 Å². The highest BCUT2D eigenvalue weighted by molar-refractivity contribution is 5.65. The van der Waals surface area contributed by atoms with Gasteiger partial charge in [0.1, 0.15) is 5.75 Å². The van der Waals surface area contributed by atoms with Crippen LogP contribution in [0.25, 0.3) is 5.52 Å². The predicted octanol–water partition coefficient (Wildman–Crippen LogP) is 0.767. The second-order valence-electron chi connectivity index (χ2n) is 3.20. The van der Waals surface area contributed by atoms with Crippen molar-refractivity contribution in [2.75, 3.05) is 7.11 Å². The van der Waals surface area contributed by atoms with Crippen LogP contribution >= 0.6 is 0 Å². The minimum atomic E-state index is -0.0823. The summed E-state index contributed by atoms with van der Waals surface area (Å²) in [6.07, 6.45) is 1.71. The zero-order valence-electron chi connectivity index (χ0n) is 8.43. The molecule has 2 N–H and O–H groups in total. The van der Waals surface area contributed by atoms with Gasteiger partial charge in [-0.3, -0.25) is 9.20 Å². The van der Waals surface area contributed by atoms with E-state index in [4.69, 9.17) is 10.5 Å². The Morgan fingerprint density at radius 1 is 1.40 bits per heavy atom. The highest BCUT2D eigenvalue weighted by Crippen LogP contribution is 2.20. The molecule has 0 aliphatic carbocycles. The van der Waals surface area contributed by atoms with Gasteiger partial charge in [0.15, 0.2) is 0 Å². The lowest BCUT2D eigenvalue weighted by Gasteiger charge is -2.09. The summed E-state index contributed by atoms with van der Waals surface area (Å²) in [5.74, 6) is 0.663. The molecule has 15 heavy (non-hydrogen) atoms. The van der Waals surface area contributed by atoms with Gasteiger partial charge in [0.25, 0.3) is 5.56 Å². The Labute approximate surface area is 86.9 Å². The maximum atomic E-state index is 11.6. The Morgan fingerprint density at radius 3 is 2.87 bits per heavy atom. The van der Waals surface area contributed by atoms with Crippen LogP contribution in [0.5, 0.6) is 5.75 Å². The summed E-state index contributed by atoms with van der Waals surface area (Å²) in [5.41, 5.74) is 7.18. The fourth-order valence-electron chi connectivity index (χ4n) is 1.65. The molecule has 0 saturated heterocycles. The molecule has 0 unspecified atom stereocenters. The molecule has 0 radical (unpaired) electrons. The predicted molar refractivity (Wildman–Crippen MR) is 58.1 cm³/mol. The summed E-state index contributed by atoms with van der Waals surface area (Å²) in [6, 6.07) is 6.83. The fraction of sp³-hybridized carbons (Fsp3) is 0.182. The number of ether oxygens (including phenoxy) is 1. The molecule has 0 amide bonds. The van der Waals surface area contributed by atoms with Crippen molar-refractivity contribution in [3.8, 4) is 5.75 Å². The third-order valence-electron chi connectivity index (χ3n) is 2.37. The van der Waals surface area contributed by atoms with Crippen LogP contribution in [0.3, 0.4) is 0 Å². The van der Waals surface area contributed by atoms with Gasteiger partial charge in [-0.05, 0) is 17.7 Å². The maximum absolute atomic E-state index is 11.6. The van der Waals surface area contributed by atoms with Gasteiger partial charge in [-0.25, -0.2) is 0 Å². The molecule has 2 aromatic rings. The van der Waals surface area contributed by atoms with Crippen LogP contribution in [-0.2, 0) is 6.54 Å². The molecule has 0 saturated carbocycles. The lowest BCUT2D eigenvalue weighted by atomic mass is 10.2. The molecule has 0 bridgehead atoms. The van der Waals surface area contributed by atoms with Crippen molar-refractivity contribution < 1.29 is 4.74 Å². The van der Waals surface area contributed by atoms with Gasteiger partial charge in [-0.1, -0.05) is 6.07 Å². The van der Waals surface area contributed by atoms with Gasteiger partial charge < -0.3 is 10.5 Å². The zero-order valence-corrected chi connectivity index (χ0v) is 8.43. The molecule has 0 atom stereocenters. The number of rotatable bonds is 2. The first-order valence-corrected chi connectivity index (χ1v) is 4.65. The summed E-state index contributed by atoms with van der Waals surface area (Å²) in [5, 5.41) is 0. The van der Waals surface area contributed by atoms with Crippen molar-refractivity contribution in [2.45, 2.75) is 6.54 Å². The standard InChI is InChI=1S/C11H12N2O2/c1-15-9-3-2-6-13-10(14)5-4-8(7-12)11(9)13/h2-6H,7,12H2,1H3. The molecular formula is C11H12N2O2. The number of nitrogens with two attached hydrogens (primary N) is 1. The smallest absolute Gasteiger partial charge is 0.255 e. The molecule has 0 aliphatic heterocycles. The highest BCUT2D eigenvalue weighted by Gasteiger charge is 2.06. The molecule has 2 heterocycles. The Kier molecular flexibility index (Phi) is 2.43. The van der Waals surface area contributed by atoms with Crippen molar-refractivity contribution in [3.63, 3.8) is 0 Å². The van der Waals surface area contributed by atoms with E-state index < -0.39 is 0 Å². The quantitative estimate of drug-likeness (QED) is 0.786. The van der Waals surface area contributed by atoms with Crippen LogP contribution < -0.4 is 16.0 Å². The number of aromatic nitrogens is 1. The molecular weight excluding hydrogens is 192 g/mol. The number of hydrogen-bond donors (Lipinski definition) is 1. The number of nitrogens with zero attached hydrogens (tertiary/aromatic N) is 1. The molecule has 2 aromatic heterocycles. The van der Waals surface area contributed by atoms with Gasteiger partial charge in [-0.2, -0.15) is 0 Å². The van der Waals surface area contributed by atoms with E-state index >= 15 is 0 Å². The Balaban J connectivity index is 2.94. The first-order valence-electron chi connectivity index (χ1n) is 4.65. The molecule has 0 aromatic carbocycles. The number of fused-ring (bicyclic) bond motifs is 1. The SMILES string of the molecule is COc1cccn2c(=O)ccc(CN)c12. The fourth-order valence-corrected chi connectivity index (χ4v) is 1.65. The lowest BCUT2D eigenvalue weighted by molar-refractivity contribution is 0.417. The lowest BCUT2D eigenvalue weighted by Crippen LogP contribution is -2.15. The molecule has 2 rings (SSSR count). The maximum Gasteiger partial charge on any atom is 0.255 e. The molecule has 0 fully saturated rings. The van der Waals surface area contributed by atoms with E-state index in [2.05, 4.69) is 0 Å². The summed E-state index contributed by atoms with van der Waals surface area (Å²) in [6.45, 7) is 0.379. The van der Waals surface area contributed by atoms with Gasteiger partial charge in [-0.15, -0.1) is 0 Å². The summed E-state index contributed by atoms with van der Waals surface area (Å²) < 4.78 is 6.75. The topological polar surface area (TPSA) is 56.7 Å². The molecule has 78 valence electrons. The Morgan fingerprint density at radius 2 is 2.20 bits per heavy atom. The zero-order chi connectivity index (χ0) is 10.8. The third-order valence-corrected chi connectivity index (χ3v) is 2.37. The molecule has 4 nitrogen and oxygen atoms in total. The average molecular weight is 204 g/mol. The first-order chi connectivity index (χ1) is 7.27. The molecule has 0 spiro atoms. The third kappa shape index (κ3) is 1.49. The van der Waals surface area contributed by atoms with E-state index in [1.165, 1.54) is 6.07 Å². The minimum absolute atomic E-state index is 0.0823. The van der Waals surface area contributed by atoms with Crippen LogP contribution in [-0.4, -0.2) is 11.5 Å². The van der Waals surface area contributed by atoms with E-state index in [9.17, 15) is 4.79 Å². The Bertz CT molecular complexity index is 536. The summed E-state index contributed by atoms with van der Waals surface area (Å²) >= 11 is 0. The average Bonchev–Trinajstić information content (AvgIpc) is 2.29. The van der Waals surface area contributed by atoms with E-state index in [-0.39, 0.29) is 5.56 Å². The van der Waals surface area contributed by atoms with E-state index in [1.54, 1.807) is 29.8 Å². The van der Waals surface area contributed by atoms with Gasteiger partial charge in [0.2, 0.25) is 0 Å². The Hall–Kier alpha value is -1.81. The first kappa shape index (κ1) is 9.73. The van der Waals surface area contributed by atoms with Crippen molar-refractivity contribution in [1.82, 2.24) is 4.40 Å². The van der Waals surface area contributed by atoms with Crippen molar-refractivity contribution in [1.29, 1.82) is 0 Å². The normalized spacial score (nSPS) is 10.5. The van der Waals surface area contributed by atoms with Crippen LogP contribution in [0.2, 0.25) is 0 Å². The molecule has 4 heteroatoms. The summed E-state index contributed by atoms with van der Waals surface area (Å²) in [4.78, 5) is 11.6. The van der Waals surface area contributed by atoms with Gasteiger partial charge in [0.05, 0.1) is 12.6 Å². The minimum Gasteiger partial charge on any atom is -0.495 e. The highest BCUT2D eigenvalue weighted by atomic mass is 16.5. The largest absolute Gasteiger partial charge is 0.495 e.